The third-order valence-electron chi connectivity index (χ3n) is 3.99. The van der Waals surface area contributed by atoms with E-state index in [-0.39, 0.29) is 10.8 Å². The van der Waals surface area contributed by atoms with Crippen LogP contribution in [0.25, 0.3) is 0 Å². The Morgan fingerprint density at radius 2 is 1.73 bits per heavy atom. The Balaban J connectivity index is 2.09. The summed E-state index contributed by atoms with van der Waals surface area (Å²) in [5, 5.41) is 5.92. The molecule has 0 saturated heterocycles. The van der Waals surface area contributed by atoms with Crippen molar-refractivity contribution in [2.45, 2.75) is 31.2 Å². The molecule has 0 heterocycles. The van der Waals surface area contributed by atoms with Gasteiger partial charge in [0.05, 0.1) is 4.90 Å². The third-order valence-corrected chi connectivity index (χ3v) is 5.80. The van der Waals surface area contributed by atoms with E-state index in [4.69, 9.17) is 0 Å². The molecule has 2 aromatic carbocycles. The number of nitrogens with zero attached hydrogens (tertiary/aromatic N) is 1. The number of rotatable bonds is 7. The minimum Gasteiger partial charge on any atom is -0.374 e. The first kappa shape index (κ1) is 19.9. The molecule has 0 aromatic heterocycles. The Hall–Kier alpha value is -2.38. The van der Waals surface area contributed by atoms with E-state index in [2.05, 4.69) is 17.6 Å². The number of hydrogen-bond acceptors (Lipinski definition) is 4. The van der Waals surface area contributed by atoms with Gasteiger partial charge in [-0.3, -0.25) is 4.79 Å². The van der Waals surface area contributed by atoms with Gasteiger partial charge in [-0.2, -0.15) is 0 Å². The first-order valence-corrected chi connectivity index (χ1v) is 9.87. The van der Waals surface area contributed by atoms with Crippen LogP contribution in [0.2, 0.25) is 0 Å². The summed E-state index contributed by atoms with van der Waals surface area (Å²) in [5.41, 5.74) is 2.49. The Morgan fingerprint density at radius 3 is 2.38 bits per heavy atom. The summed E-state index contributed by atoms with van der Waals surface area (Å²) in [6, 6.07) is 13.7. The molecule has 0 fully saturated rings. The molecular weight excluding hydrogens is 350 g/mol. The van der Waals surface area contributed by atoms with Crippen LogP contribution in [0.15, 0.2) is 53.4 Å². The van der Waals surface area contributed by atoms with Crippen molar-refractivity contribution in [3.63, 3.8) is 0 Å². The van der Waals surface area contributed by atoms with Crippen molar-refractivity contribution in [2.75, 3.05) is 24.7 Å². The fourth-order valence-electron chi connectivity index (χ4n) is 2.39. The third kappa shape index (κ3) is 4.83. The maximum Gasteiger partial charge on any atom is 0.246 e. The molecule has 6 nitrogen and oxygen atoms in total. The number of hydrogen-bond donors (Lipinski definition) is 2. The second kappa shape index (κ2) is 8.33. The largest absolute Gasteiger partial charge is 0.374 e. The first-order valence-electron chi connectivity index (χ1n) is 8.43. The second-order valence-electron chi connectivity index (χ2n) is 6.22. The van der Waals surface area contributed by atoms with Gasteiger partial charge in [0.15, 0.2) is 0 Å². The molecule has 0 aliphatic heterocycles. The van der Waals surface area contributed by atoms with Crippen molar-refractivity contribution in [1.29, 1.82) is 0 Å². The predicted molar refractivity (Wildman–Crippen MR) is 105 cm³/mol. The van der Waals surface area contributed by atoms with Crippen LogP contribution in [-0.2, 0) is 21.2 Å². The Kier molecular flexibility index (Phi) is 6.39. The summed E-state index contributed by atoms with van der Waals surface area (Å²) >= 11 is 0. The summed E-state index contributed by atoms with van der Waals surface area (Å²) in [6.45, 7) is 3.83. The molecule has 26 heavy (non-hydrogen) atoms. The highest BCUT2D eigenvalue weighted by atomic mass is 32.2. The van der Waals surface area contributed by atoms with E-state index in [9.17, 15) is 13.2 Å². The number of aryl methyl sites for hydroxylation is 1. The number of anilines is 2. The summed E-state index contributed by atoms with van der Waals surface area (Å²) < 4.78 is 25.6. The van der Waals surface area contributed by atoms with Crippen LogP contribution >= 0.6 is 0 Å². The number of amides is 1. The SMILES string of the molecule is CCc1cccc(NC(C)C(=O)Nc2cccc(S(=O)(=O)N(C)C)c2)c1. The van der Waals surface area contributed by atoms with Crippen LogP contribution in [0.3, 0.4) is 0 Å². The summed E-state index contributed by atoms with van der Waals surface area (Å²) in [7, 11) is -0.607. The molecule has 1 unspecified atom stereocenters. The van der Waals surface area contributed by atoms with Gasteiger partial charge < -0.3 is 10.6 Å². The zero-order valence-corrected chi connectivity index (χ0v) is 16.3. The molecule has 0 radical (unpaired) electrons. The number of benzene rings is 2. The highest BCUT2D eigenvalue weighted by Gasteiger charge is 2.18. The zero-order valence-electron chi connectivity index (χ0n) is 15.5. The van der Waals surface area contributed by atoms with E-state index < -0.39 is 16.1 Å². The second-order valence-corrected chi connectivity index (χ2v) is 8.38. The lowest BCUT2D eigenvalue weighted by Gasteiger charge is -2.17. The topological polar surface area (TPSA) is 78.5 Å². The molecule has 2 rings (SSSR count). The predicted octanol–water partition coefficient (Wildman–Crippen LogP) is 2.94. The number of sulfonamides is 1. The van der Waals surface area contributed by atoms with Crippen molar-refractivity contribution in [1.82, 2.24) is 4.31 Å². The lowest BCUT2D eigenvalue weighted by Crippen LogP contribution is -2.32. The van der Waals surface area contributed by atoms with Crippen LogP contribution in [0, 0.1) is 0 Å². The molecule has 1 amide bonds. The molecule has 1 atom stereocenters. The molecule has 2 N–H and O–H groups in total. The van der Waals surface area contributed by atoms with Gasteiger partial charge in [0, 0.05) is 25.5 Å². The molecular formula is C19H25N3O3S. The molecule has 0 aliphatic rings. The van der Waals surface area contributed by atoms with Gasteiger partial charge in [-0.15, -0.1) is 0 Å². The van der Waals surface area contributed by atoms with Gasteiger partial charge in [0.25, 0.3) is 0 Å². The van der Waals surface area contributed by atoms with E-state index in [1.165, 1.54) is 31.8 Å². The number of carbonyl (C=O) groups excluding carboxylic acids is 1. The molecule has 7 heteroatoms. The fourth-order valence-corrected chi connectivity index (χ4v) is 3.34. The maximum atomic E-state index is 12.4. The zero-order chi connectivity index (χ0) is 19.3. The standard InChI is InChI=1S/C19H25N3O3S/c1-5-15-8-6-9-16(12-15)20-14(2)19(23)21-17-10-7-11-18(13-17)26(24,25)22(3)4/h6-14,20H,5H2,1-4H3,(H,21,23). The average molecular weight is 375 g/mol. The van der Waals surface area contributed by atoms with E-state index >= 15 is 0 Å². The van der Waals surface area contributed by atoms with Crippen LogP contribution in [-0.4, -0.2) is 38.8 Å². The average Bonchev–Trinajstić information content (AvgIpc) is 2.61. The summed E-state index contributed by atoms with van der Waals surface area (Å²) in [5.74, 6) is -0.244. The van der Waals surface area contributed by atoms with Crippen LogP contribution in [0.4, 0.5) is 11.4 Å². The van der Waals surface area contributed by atoms with E-state index in [0.29, 0.717) is 5.69 Å². The van der Waals surface area contributed by atoms with Crippen molar-refractivity contribution in [3.8, 4) is 0 Å². The smallest absolute Gasteiger partial charge is 0.246 e. The monoisotopic (exact) mass is 375 g/mol. The lowest BCUT2D eigenvalue weighted by atomic mass is 10.1. The Labute approximate surface area is 155 Å². The van der Waals surface area contributed by atoms with Crippen molar-refractivity contribution in [2.24, 2.45) is 0 Å². The molecule has 0 spiro atoms. The van der Waals surface area contributed by atoms with Crippen LogP contribution in [0.1, 0.15) is 19.4 Å². The van der Waals surface area contributed by atoms with Crippen molar-refractivity contribution >= 4 is 27.3 Å². The molecule has 0 bridgehead atoms. The number of carbonyl (C=O) groups is 1. The molecule has 2 aromatic rings. The molecule has 0 saturated carbocycles. The van der Waals surface area contributed by atoms with Crippen LogP contribution in [0.5, 0.6) is 0 Å². The molecule has 0 aliphatic carbocycles. The first-order chi connectivity index (χ1) is 12.2. The Bertz CT molecular complexity index is 879. The van der Waals surface area contributed by atoms with Gasteiger partial charge in [-0.25, -0.2) is 12.7 Å². The van der Waals surface area contributed by atoms with Crippen molar-refractivity contribution < 1.29 is 13.2 Å². The minimum absolute atomic E-state index is 0.136. The summed E-state index contributed by atoms with van der Waals surface area (Å²) in [4.78, 5) is 12.6. The quantitative estimate of drug-likeness (QED) is 0.780. The van der Waals surface area contributed by atoms with Gasteiger partial charge in [0.2, 0.25) is 15.9 Å². The summed E-state index contributed by atoms with van der Waals surface area (Å²) in [6.07, 6.45) is 0.920. The van der Waals surface area contributed by atoms with Crippen molar-refractivity contribution in [3.05, 3.63) is 54.1 Å². The molecule has 140 valence electrons. The van der Waals surface area contributed by atoms with Gasteiger partial charge in [-0.1, -0.05) is 25.1 Å². The highest BCUT2D eigenvalue weighted by Crippen LogP contribution is 2.19. The minimum atomic E-state index is -3.55. The van der Waals surface area contributed by atoms with Gasteiger partial charge in [0.1, 0.15) is 6.04 Å². The Morgan fingerprint density at radius 1 is 1.08 bits per heavy atom. The van der Waals surface area contributed by atoms with Crippen LogP contribution < -0.4 is 10.6 Å². The van der Waals surface area contributed by atoms with Gasteiger partial charge in [-0.05, 0) is 49.2 Å². The van der Waals surface area contributed by atoms with E-state index in [1.807, 2.05) is 24.3 Å². The highest BCUT2D eigenvalue weighted by molar-refractivity contribution is 7.89. The van der Waals surface area contributed by atoms with E-state index in [0.717, 1.165) is 16.4 Å². The van der Waals surface area contributed by atoms with E-state index in [1.54, 1.807) is 19.1 Å². The normalized spacial score (nSPS) is 12.7. The fraction of sp³-hybridized carbons (Fsp3) is 0.316. The lowest BCUT2D eigenvalue weighted by molar-refractivity contribution is -0.116. The van der Waals surface area contributed by atoms with Gasteiger partial charge >= 0.3 is 0 Å². The number of nitrogens with one attached hydrogen (secondary N) is 2. The maximum absolute atomic E-state index is 12.4.